The van der Waals surface area contributed by atoms with Gasteiger partial charge in [0.25, 0.3) is 5.91 Å². The predicted molar refractivity (Wildman–Crippen MR) is 75.6 cm³/mol. The molecule has 1 heterocycles. The highest BCUT2D eigenvalue weighted by atomic mass is 16.2. The van der Waals surface area contributed by atoms with Crippen molar-refractivity contribution in [3.05, 3.63) is 59.4 Å². The largest absolute Gasteiger partial charge is 0.398 e. The van der Waals surface area contributed by atoms with E-state index < -0.39 is 0 Å². The molecule has 0 spiro atoms. The monoisotopic (exact) mass is 255 g/mol. The molecule has 0 atom stereocenters. The highest BCUT2D eigenvalue weighted by molar-refractivity contribution is 5.94. The fourth-order valence-corrected chi connectivity index (χ4v) is 1.90. The molecule has 1 aromatic carbocycles. The van der Waals surface area contributed by atoms with Crippen molar-refractivity contribution in [2.75, 3.05) is 12.8 Å². The van der Waals surface area contributed by atoms with Crippen LogP contribution in [0.4, 0.5) is 5.69 Å². The van der Waals surface area contributed by atoms with Crippen LogP contribution >= 0.6 is 0 Å². The standard InChI is InChI=1S/C15H17N3O/c1-11-9-12(7-8-17-11)15(19)18(2)10-13-5-3-4-6-14(13)16/h3-9H,10,16H2,1-2H3. The van der Waals surface area contributed by atoms with Gasteiger partial charge in [-0.05, 0) is 30.7 Å². The van der Waals surface area contributed by atoms with Gasteiger partial charge in [0.2, 0.25) is 0 Å². The number of nitrogens with zero attached hydrogens (tertiary/aromatic N) is 2. The first-order chi connectivity index (χ1) is 9.08. The number of carbonyl (C=O) groups is 1. The summed E-state index contributed by atoms with van der Waals surface area (Å²) in [6.45, 7) is 2.36. The van der Waals surface area contributed by atoms with Crippen LogP contribution in [0.15, 0.2) is 42.6 Å². The molecule has 0 fully saturated rings. The molecule has 2 N–H and O–H groups in total. The molecule has 0 aliphatic rings. The van der Waals surface area contributed by atoms with Crippen molar-refractivity contribution in [3.63, 3.8) is 0 Å². The molecule has 1 aromatic heterocycles. The van der Waals surface area contributed by atoms with E-state index in [1.165, 1.54) is 0 Å². The van der Waals surface area contributed by atoms with Crippen LogP contribution in [0.3, 0.4) is 0 Å². The maximum absolute atomic E-state index is 12.3. The van der Waals surface area contributed by atoms with Gasteiger partial charge in [0, 0.05) is 36.7 Å². The van der Waals surface area contributed by atoms with E-state index in [1.807, 2.05) is 31.2 Å². The topological polar surface area (TPSA) is 59.2 Å². The summed E-state index contributed by atoms with van der Waals surface area (Å²) < 4.78 is 0. The lowest BCUT2D eigenvalue weighted by Gasteiger charge is -2.18. The van der Waals surface area contributed by atoms with Crippen molar-refractivity contribution in [2.45, 2.75) is 13.5 Å². The number of hydrogen-bond donors (Lipinski definition) is 1. The number of anilines is 1. The fourth-order valence-electron chi connectivity index (χ4n) is 1.90. The Hall–Kier alpha value is -2.36. The summed E-state index contributed by atoms with van der Waals surface area (Å²) in [6, 6.07) is 11.1. The Balaban J connectivity index is 2.14. The first-order valence-electron chi connectivity index (χ1n) is 6.09. The van der Waals surface area contributed by atoms with E-state index >= 15 is 0 Å². The lowest BCUT2D eigenvalue weighted by atomic mass is 10.1. The molecule has 2 aromatic rings. The van der Waals surface area contributed by atoms with Gasteiger partial charge in [-0.3, -0.25) is 9.78 Å². The van der Waals surface area contributed by atoms with Gasteiger partial charge in [0.1, 0.15) is 0 Å². The van der Waals surface area contributed by atoms with Crippen molar-refractivity contribution in [3.8, 4) is 0 Å². The van der Waals surface area contributed by atoms with Crippen molar-refractivity contribution >= 4 is 11.6 Å². The zero-order valence-corrected chi connectivity index (χ0v) is 11.1. The third kappa shape index (κ3) is 3.10. The van der Waals surface area contributed by atoms with Crippen molar-refractivity contribution in [1.82, 2.24) is 9.88 Å². The third-order valence-electron chi connectivity index (χ3n) is 2.95. The van der Waals surface area contributed by atoms with Gasteiger partial charge in [-0.2, -0.15) is 0 Å². The Labute approximate surface area is 112 Å². The minimum atomic E-state index is -0.0336. The molecular weight excluding hydrogens is 238 g/mol. The molecule has 4 nitrogen and oxygen atoms in total. The number of aromatic nitrogens is 1. The molecule has 0 aliphatic heterocycles. The van der Waals surface area contributed by atoms with Crippen LogP contribution in [0.1, 0.15) is 21.6 Å². The lowest BCUT2D eigenvalue weighted by molar-refractivity contribution is 0.0785. The Morgan fingerprint density at radius 3 is 2.74 bits per heavy atom. The van der Waals surface area contributed by atoms with Gasteiger partial charge < -0.3 is 10.6 Å². The summed E-state index contributed by atoms with van der Waals surface area (Å²) >= 11 is 0. The van der Waals surface area contributed by atoms with Gasteiger partial charge in [-0.25, -0.2) is 0 Å². The molecule has 2 rings (SSSR count). The maximum atomic E-state index is 12.3. The highest BCUT2D eigenvalue weighted by Crippen LogP contribution is 2.14. The second-order valence-electron chi connectivity index (χ2n) is 4.55. The van der Waals surface area contributed by atoms with Gasteiger partial charge in [-0.15, -0.1) is 0 Å². The molecule has 0 aliphatic carbocycles. The lowest BCUT2D eigenvalue weighted by Crippen LogP contribution is -2.26. The van der Waals surface area contributed by atoms with Gasteiger partial charge in [-0.1, -0.05) is 18.2 Å². The average Bonchev–Trinajstić information content (AvgIpc) is 2.40. The van der Waals surface area contributed by atoms with Crippen LogP contribution in [-0.2, 0) is 6.54 Å². The predicted octanol–water partition coefficient (Wildman–Crippen LogP) is 2.24. The van der Waals surface area contributed by atoms with E-state index in [1.54, 1.807) is 30.3 Å². The zero-order chi connectivity index (χ0) is 13.8. The summed E-state index contributed by atoms with van der Waals surface area (Å²) in [6.07, 6.45) is 1.65. The highest BCUT2D eigenvalue weighted by Gasteiger charge is 2.13. The van der Waals surface area contributed by atoms with Crippen LogP contribution < -0.4 is 5.73 Å². The van der Waals surface area contributed by atoms with Crippen molar-refractivity contribution in [2.24, 2.45) is 0 Å². The summed E-state index contributed by atoms with van der Waals surface area (Å²) in [5, 5.41) is 0. The Morgan fingerprint density at radius 2 is 2.05 bits per heavy atom. The van der Waals surface area contributed by atoms with Crippen molar-refractivity contribution < 1.29 is 4.79 Å². The number of para-hydroxylation sites is 1. The van der Waals surface area contributed by atoms with Gasteiger partial charge >= 0.3 is 0 Å². The van der Waals surface area contributed by atoms with E-state index in [0.29, 0.717) is 17.8 Å². The molecule has 1 amide bonds. The van der Waals surface area contributed by atoms with Crippen LogP contribution in [0, 0.1) is 6.92 Å². The van der Waals surface area contributed by atoms with E-state index in [4.69, 9.17) is 5.73 Å². The molecule has 0 radical (unpaired) electrons. The number of pyridine rings is 1. The quantitative estimate of drug-likeness (QED) is 0.856. The van der Waals surface area contributed by atoms with Crippen LogP contribution in [0.2, 0.25) is 0 Å². The summed E-state index contributed by atoms with van der Waals surface area (Å²) in [5.41, 5.74) is 9.01. The van der Waals surface area contributed by atoms with Crippen LogP contribution in [0.5, 0.6) is 0 Å². The average molecular weight is 255 g/mol. The number of nitrogens with two attached hydrogens (primary N) is 1. The summed E-state index contributed by atoms with van der Waals surface area (Å²) in [5.74, 6) is -0.0336. The number of aryl methyl sites for hydroxylation is 1. The van der Waals surface area contributed by atoms with E-state index in [-0.39, 0.29) is 5.91 Å². The zero-order valence-electron chi connectivity index (χ0n) is 11.1. The molecule has 0 unspecified atom stereocenters. The molecule has 0 saturated carbocycles. The molecule has 4 heteroatoms. The first-order valence-corrected chi connectivity index (χ1v) is 6.09. The first kappa shape index (κ1) is 13.1. The Bertz CT molecular complexity index is 595. The smallest absolute Gasteiger partial charge is 0.254 e. The molecule has 0 saturated heterocycles. The van der Waals surface area contributed by atoms with E-state index in [2.05, 4.69) is 4.98 Å². The number of hydrogen-bond acceptors (Lipinski definition) is 3. The Kier molecular flexibility index (Phi) is 3.80. The van der Waals surface area contributed by atoms with Gasteiger partial charge in [0.15, 0.2) is 0 Å². The fraction of sp³-hybridized carbons (Fsp3) is 0.200. The van der Waals surface area contributed by atoms with Crippen LogP contribution in [-0.4, -0.2) is 22.8 Å². The summed E-state index contributed by atoms with van der Waals surface area (Å²) in [4.78, 5) is 18.0. The van der Waals surface area contributed by atoms with E-state index in [0.717, 1.165) is 11.3 Å². The number of nitrogen functional groups attached to an aromatic ring is 1. The van der Waals surface area contributed by atoms with Gasteiger partial charge in [0.05, 0.1) is 0 Å². The van der Waals surface area contributed by atoms with E-state index in [9.17, 15) is 4.79 Å². The number of benzene rings is 1. The number of carbonyl (C=O) groups excluding carboxylic acids is 1. The molecule has 19 heavy (non-hydrogen) atoms. The number of amides is 1. The second-order valence-corrected chi connectivity index (χ2v) is 4.55. The normalized spacial score (nSPS) is 10.2. The molecular formula is C15H17N3O. The molecule has 0 bridgehead atoms. The SMILES string of the molecule is Cc1cc(C(=O)N(C)Cc2ccccc2N)ccn1. The van der Waals surface area contributed by atoms with Crippen LogP contribution in [0.25, 0.3) is 0 Å². The maximum Gasteiger partial charge on any atom is 0.254 e. The van der Waals surface area contributed by atoms with Crippen molar-refractivity contribution in [1.29, 1.82) is 0 Å². The number of rotatable bonds is 3. The Morgan fingerprint density at radius 1 is 1.32 bits per heavy atom. The second kappa shape index (κ2) is 5.52. The minimum absolute atomic E-state index is 0.0336. The summed E-state index contributed by atoms with van der Waals surface area (Å²) in [7, 11) is 1.77. The molecule has 98 valence electrons. The minimum Gasteiger partial charge on any atom is -0.398 e. The third-order valence-corrected chi connectivity index (χ3v) is 2.95.